The predicted octanol–water partition coefficient (Wildman–Crippen LogP) is 6.55. The second kappa shape index (κ2) is 12.9. The molecule has 8 nitrogen and oxygen atoms in total. The van der Waals surface area contributed by atoms with E-state index in [1.54, 1.807) is 12.5 Å². The summed E-state index contributed by atoms with van der Waals surface area (Å²) in [6.07, 6.45) is 8.38. The number of hydrogen-bond acceptors (Lipinski definition) is 4. The Morgan fingerprint density at radius 2 is 1.85 bits per heavy atom. The molecule has 0 saturated heterocycles. The second-order valence-electron chi connectivity index (χ2n) is 12.3. The van der Waals surface area contributed by atoms with Crippen LogP contribution in [0.2, 0.25) is 18.1 Å². The number of nitrogens with zero attached hydrogens (tertiary/aromatic N) is 3. The number of rotatable bonds is 13. The molecule has 41 heavy (non-hydrogen) atoms. The van der Waals surface area contributed by atoms with Crippen LogP contribution in [0.15, 0.2) is 73.3 Å². The summed E-state index contributed by atoms with van der Waals surface area (Å²) in [5.41, 5.74) is 8.81. The molecule has 1 atom stereocenters. The first kappa shape index (κ1) is 30.3. The van der Waals surface area contributed by atoms with Gasteiger partial charge in [-0.3, -0.25) is 9.59 Å². The Morgan fingerprint density at radius 3 is 2.54 bits per heavy atom. The van der Waals surface area contributed by atoms with Crippen molar-refractivity contribution in [1.82, 2.24) is 14.1 Å². The number of anilines is 1. The van der Waals surface area contributed by atoms with E-state index < -0.39 is 14.2 Å². The fraction of sp³-hybridized carbons (Fsp3) is 0.406. The van der Waals surface area contributed by atoms with Gasteiger partial charge in [0.2, 0.25) is 5.91 Å². The van der Waals surface area contributed by atoms with Crippen LogP contribution in [0.5, 0.6) is 0 Å². The number of nitrogens with two attached hydrogens (primary N) is 1. The number of imidazole rings is 1. The average Bonchev–Trinajstić information content (AvgIpc) is 3.56. The highest BCUT2D eigenvalue weighted by Gasteiger charge is 2.37. The SMILES string of the molecule is CC(C)(C)[Si](C)(C)OC[C@@H](CCn1ccc2ccc(NC(=O)CCCc3ccccc3)cc21)n1cnc(C(N)=O)c1. The number of aromatic nitrogens is 3. The minimum absolute atomic E-state index is 0.0188. The van der Waals surface area contributed by atoms with Gasteiger partial charge in [-0.25, -0.2) is 4.98 Å². The number of aryl methyl sites for hydroxylation is 2. The Bertz CT molecular complexity index is 1470. The minimum atomic E-state index is -1.98. The van der Waals surface area contributed by atoms with Crippen molar-refractivity contribution < 1.29 is 14.0 Å². The van der Waals surface area contributed by atoms with Crippen molar-refractivity contribution in [3.05, 3.63) is 84.6 Å². The van der Waals surface area contributed by atoms with Gasteiger partial charge in [-0.2, -0.15) is 0 Å². The molecule has 9 heteroatoms. The van der Waals surface area contributed by atoms with Crippen LogP contribution in [0.4, 0.5) is 5.69 Å². The van der Waals surface area contributed by atoms with Crippen LogP contribution in [-0.4, -0.2) is 40.9 Å². The zero-order valence-corrected chi connectivity index (χ0v) is 25.9. The van der Waals surface area contributed by atoms with Gasteiger partial charge < -0.3 is 24.6 Å². The summed E-state index contributed by atoms with van der Waals surface area (Å²) in [5.74, 6) is -0.523. The maximum Gasteiger partial charge on any atom is 0.268 e. The van der Waals surface area contributed by atoms with Gasteiger partial charge in [0.05, 0.1) is 24.5 Å². The molecule has 0 radical (unpaired) electrons. The number of hydrogen-bond donors (Lipinski definition) is 2. The fourth-order valence-corrected chi connectivity index (χ4v) is 5.61. The Kier molecular flexibility index (Phi) is 9.50. The fourth-order valence-electron chi connectivity index (χ4n) is 4.57. The molecule has 0 saturated carbocycles. The molecule has 3 N–H and O–H groups in total. The number of amides is 2. The number of nitrogens with one attached hydrogen (secondary N) is 1. The van der Waals surface area contributed by atoms with Crippen molar-refractivity contribution >= 4 is 36.7 Å². The Balaban J connectivity index is 1.43. The summed E-state index contributed by atoms with van der Waals surface area (Å²) in [7, 11) is -1.98. The number of benzene rings is 2. The van der Waals surface area contributed by atoms with E-state index in [1.165, 1.54) is 5.56 Å². The highest BCUT2D eigenvalue weighted by atomic mass is 28.4. The van der Waals surface area contributed by atoms with E-state index in [4.69, 9.17) is 10.2 Å². The van der Waals surface area contributed by atoms with Crippen LogP contribution in [0.1, 0.15) is 62.1 Å². The van der Waals surface area contributed by atoms with Crippen LogP contribution in [0.3, 0.4) is 0 Å². The molecule has 0 aliphatic rings. The Labute approximate surface area is 244 Å². The lowest BCUT2D eigenvalue weighted by molar-refractivity contribution is -0.116. The number of carbonyl (C=O) groups excluding carboxylic acids is 2. The Hall–Kier alpha value is -3.69. The summed E-state index contributed by atoms with van der Waals surface area (Å²) < 4.78 is 10.7. The van der Waals surface area contributed by atoms with Crippen molar-refractivity contribution in [3.63, 3.8) is 0 Å². The molecular weight excluding hydrogens is 530 g/mol. The average molecular weight is 574 g/mol. The van der Waals surface area contributed by atoms with E-state index in [1.807, 2.05) is 41.0 Å². The number of fused-ring (bicyclic) bond motifs is 1. The smallest absolute Gasteiger partial charge is 0.268 e. The lowest BCUT2D eigenvalue weighted by Crippen LogP contribution is -2.42. The molecule has 0 aliphatic heterocycles. The van der Waals surface area contributed by atoms with E-state index >= 15 is 0 Å². The van der Waals surface area contributed by atoms with Crippen LogP contribution in [0.25, 0.3) is 10.9 Å². The van der Waals surface area contributed by atoms with Crippen molar-refractivity contribution in [3.8, 4) is 0 Å². The lowest BCUT2D eigenvalue weighted by atomic mass is 10.1. The third-order valence-corrected chi connectivity index (χ3v) is 12.7. The number of primary amides is 1. The minimum Gasteiger partial charge on any atom is -0.415 e. The molecule has 2 aromatic carbocycles. The molecular formula is C32H43N5O3Si. The van der Waals surface area contributed by atoms with Crippen molar-refractivity contribution in [2.45, 2.75) is 77.2 Å². The summed E-state index contributed by atoms with van der Waals surface area (Å²) in [6, 6.07) is 18.3. The van der Waals surface area contributed by atoms with Gasteiger partial charge in [-0.1, -0.05) is 57.2 Å². The molecule has 2 amide bonds. The topological polar surface area (TPSA) is 104 Å². The van der Waals surface area contributed by atoms with E-state index in [0.29, 0.717) is 13.0 Å². The third kappa shape index (κ3) is 7.95. The summed E-state index contributed by atoms with van der Waals surface area (Å²) in [6.45, 7) is 12.4. The van der Waals surface area contributed by atoms with Gasteiger partial charge in [-0.15, -0.1) is 0 Å². The molecule has 0 unspecified atom stereocenters. The molecule has 0 spiro atoms. The molecule has 0 aliphatic carbocycles. The van der Waals surface area contributed by atoms with Crippen molar-refractivity contribution in [1.29, 1.82) is 0 Å². The van der Waals surface area contributed by atoms with E-state index in [-0.39, 0.29) is 22.7 Å². The highest BCUT2D eigenvalue weighted by Crippen LogP contribution is 2.37. The zero-order valence-electron chi connectivity index (χ0n) is 24.9. The van der Waals surface area contributed by atoms with Gasteiger partial charge >= 0.3 is 0 Å². The van der Waals surface area contributed by atoms with Crippen LogP contribution >= 0.6 is 0 Å². The van der Waals surface area contributed by atoms with Crippen LogP contribution in [-0.2, 0) is 22.2 Å². The summed E-state index contributed by atoms with van der Waals surface area (Å²) in [4.78, 5) is 28.5. The zero-order chi connectivity index (χ0) is 29.6. The normalized spacial score (nSPS) is 12.9. The van der Waals surface area contributed by atoms with E-state index in [9.17, 15) is 9.59 Å². The molecule has 0 fully saturated rings. The molecule has 0 bridgehead atoms. The first-order valence-corrected chi connectivity index (χ1v) is 17.2. The molecule has 2 heterocycles. The van der Waals surface area contributed by atoms with Gasteiger partial charge in [0.25, 0.3) is 5.91 Å². The first-order valence-electron chi connectivity index (χ1n) is 14.3. The van der Waals surface area contributed by atoms with Gasteiger partial charge in [0.15, 0.2) is 8.32 Å². The van der Waals surface area contributed by atoms with Crippen molar-refractivity contribution in [2.75, 3.05) is 11.9 Å². The van der Waals surface area contributed by atoms with Crippen LogP contribution in [0, 0.1) is 0 Å². The van der Waals surface area contributed by atoms with Gasteiger partial charge in [0, 0.05) is 31.0 Å². The quantitative estimate of drug-likeness (QED) is 0.177. The molecule has 218 valence electrons. The van der Waals surface area contributed by atoms with Gasteiger partial charge in [-0.05, 0) is 66.5 Å². The largest absolute Gasteiger partial charge is 0.415 e. The predicted molar refractivity (Wildman–Crippen MR) is 167 cm³/mol. The maximum atomic E-state index is 12.6. The van der Waals surface area contributed by atoms with Crippen molar-refractivity contribution in [2.24, 2.45) is 5.73 Å². The van der Waals surface area contributed by atoms with E-state index in [0.717, 1.165) is 42.4 Å². The summed E-state index contributed by atoms with van der Waals surface area (Å²) in [5, 5.41) is 4.27. The van der Waals surface area contributed by atoms with Gasteiger partial charge in [0.1, 0.15) is 5.69 Å². The standard InChI is InChI=1S/C32H43N5O3Si/c1-32(2,3)41(4,5)40-22-27(37-21-28(31(33)39)34-23-37)17-19-36-18-16-25-14-15-26(20-29(25)36)35-30(38)13-9-12-24-10-7-6-8-11-24/h6-8,10-11,14-16,18,20-21,23,27H,9,12-13,17,19,22H2,1-5H3,(H2,33,39)(H,35,38)/t27-/m1/s1. The molecule has 4 aromatic rings. The van der Waals surface area contributed by atoms with Crippen LogP contribution < -0.4 is 11.1 Å². The molecule has 2 aromatic heterocycles. The highest BCUT2D eigenvalue weighted by molar-refractivity contribution is 6.74. The Morgan fingerprint density at radius 1 is 1.10 bits per heavy atom. The maximum absolute atomic E-state index is 12.6. The second-order valence-corrected chi connectivity index (χ2v) is 17.1. The summed E-state index contributed by atoms with van der Waals surface area (Å²) >= 11 is 0. The molecule has 4 rings (SSSR count). The van der Waals surface area contributed by atoms with E-state index in [2.05, 4.69) is 73.1 Å². The third-order valence-electron chi connectivity index (χ3n) is 8.19. The lowest BCUT2D eigenvalue weighted by Gasteiger charge is -2.37. The first-order chi connectivity index (χ1) is 19.4. The monoisotopic (exact) mass is 573 g/mol. The number of carbonyl (C=O) groups is 2.